The molecule has 1 saturated heterocycles. The number of hydrogen-bond acceptors (Lipinski definition) is 5. The zero-order valence-corrected chi connectivity index (χ0v) is 14.2. The SMILES string of the molecule is CCNc1ncc(Br)c(N2CCCN(C)CC2CC)n1. The molecule has 0 radical (unpaired) electrons. The van der Waals surface area contributed by atoms with E-state index in [2.05, 4.69) is 61.9 Å². The van der Waals surface area contributed by atoms with Crippen LogP contribution in [0.4, 0.5) is 11.8 Å². The number of nitrogens with one attached hydrogen (secondary N) is 1. The maximum Gasteiger partial charge on any atom is 0.224 e. The lowest BCUT2D eigenvalue weighted by molar-refractivity contribution is 0.327. The Morgan fingerprint density at radius 2 is 2.20 bits per heavy atom. The average molecular weight is 342 g/mol. The highest BCUT2D eigenvalue weighted by Gasteiger charge is 2.25. The third kappa shape index (κ3) is 3.61. The monoisotopic (exact) mass is 341 g/mol. The van der Waals surface area contributed by atoms with Crippen molar-refractivity contribution in [1.29, 1.82) is 0 Å². The number of hydrogen-bond donors (Lipinski definition) is 1. The van der Waals surface area contributed by atoms with E-state index in [9.17, 15) is 0 Å². The van der Waals surface area contributed by atoms with Gasteiger partial charge in [0.25, 0.3) is 0 Å². The lowest BCUT2D eigenvalue weighted by Gasteiger charge is -2.32. The third-order valence-electron chi connectivity index (χ3n) is 3.71. The molecule has 0 saturated carbocycles. The molecule has 1 atom stereocenters. The molecule has 0 bridgehead atoms. The molecule has 6 heteroatoms. The molecule has 1 aliphatic rings. The molecule has 20 heavy (non-hydrogen) atoms. The molecule has 0 aromatic carbocycles. The Hall–Kier alpha value is -0.880. The van der Waals surface area contributed by atoms with E-state index in [0.29, 0.717) is 12.0 Å². The van der Waals surface area contributed by atoms with E-state index < -0.39 is 0 Å². The molecule has 1 unspecified atom stereocenters. The molecule has 0 aliphatic carbocycles. The molecule has 5 nitrogen and oxygen atoms in total. The van der Waals surface area contributed by atoms with Crippen LogP contribution in [0.1, 0.15) is 26.7 Å². The van der Waals surface area contributed by atoms with Gasteiger partial charge in [-0.2, -0.15) is 4.98 Å². The van der Waals surface area contributed by atoms with E-state index in [-0.39, 0.29) is 0 Å². The molecular formula is C14H24BrN5. The van der Waals surface area contributed by atoms with Crippen molar-refractivity contribution in [2.24, 2.45) is 0 Å². The van der Waals surface area contributed by atoms with Crippen LogP contribution in [0.2, 0.25) is 0 Å². The van der Waals surface area contributed by atoms with Gasteiger partial charge < -0.3 is 15.1 Å². The predicted octanol–water partition coefficient (Wildman–Crippen LogP) is 2.59. The second-order valence-corrected chi connectivity index (χ2v) is 6.12. The largest absolute Gasteiger partial charge is 0.354 e. The van der Waals surface area contributed by atoms with Gasteiger partial charge in [-0.05, 0) is 49.3 Å². The van der Waals surface area contributed by atoms with Gasteiger partial charge in [0.2, 0.25) is 5.95 Å². The van der Waals surface area contributed by atoms with E-state index >= 15 is 0 Å². The van der Waals surface area contributed by atoms with Crippen LogP contribution >= 0.6 is 15.9 Å². The van der Waals surface area contributed by atoms with Crippen molar-refractivity contribution in [2.45, 2.75) is 32.7 Å². The summed E-state index contributed by atoms with van der Waals surface area (Å²) in [6.45, 7) is 8.42. The van der Waals surface area contributed by atoms with Gasteiger partial charge >= 0.3 is 0 Å². The first-order valence-electron chi connectivity index (χ1n) is 7.37. The van der Waals surface area contributed by atoms with Crippen LogP contribution in [-0.2, 0) is 0 Å². The van der Waals surface area contributed by atoms with Crippen LogP contribution in [0.15, 0.2) is 10.7 Å². The van der Waals surface area contributed by atoms with Gasteiger partial charge in [-0.25, -0.2) is 4.98 Å². The highest BCUT2D eigenvalue weighted by atomic mass is 79.9. The van der Waals surface area contributed by atoms with Crippen molar-refractivity contribution in [3.63, 3.8) is 0 Å². The first-order chi connectivity index (χ1) is 9.65. The van der Waals surface area contributed by atoms with Crippen molar-refractivity contribution < 1.29 is 0 Å². The minimum atomic E-state index is 0.503. The number of aromatic nitrogens is 2. The first kappa shape index (κ1) is 15.5. The Morgan fingerprint density at radius 3 is 2.90 bits per heavy atom. The van der Waals surface area contributed by atoms with Crippen molar-refractivity contribution in [1.82, 2.24) is 14.9 Å². The normalized spacial score (nSPS) is 20.8. The van der Waals surface area contributed by atoms with Gasteiger partial charge in [-0.1, -0.05) is 6.92 Å². The third-order valence-corrected chi connectivity index (χ3v) is 4.27. The fraction of sp³-hybridized carbons (Fsp3) is 0.714. The maximum absolute atomic E-state index is 4.69. The van der Waals surface area contributed by atoms with Gasteiger partial charge in [-0.15, -0.1) is 0 Å². The zero-order chi connectivity index (χ0) is 14.5. The molecule has 1 N–H and O–H groups in total. The minimum absolute atomic E-state index is 0.503. The lowest BCUT2D eigenvalue weighted by atomic mass is 10.2. The highest BCUT2D eigenvalue weighted by Crippen LogP contribution is 2.28. The van der Waals surface area contributed by atoms with Gasteiger partial charge in [0, 0.05) is 31.9 Å². The molecule has 1 fully saturated rings. The van der Waals surface area contributed by atoms with E-state index in [1.54, 1.807) is 0 Å². The summed E-state index contributed by atoms with van der Waals surface area (Å²) in [6.07, 6.45) is 4.14. The molecule has 1 aliphatic heterocycles. The van der Waals surface area contributed by atoms with Gasteiger partial charge in [-0.3, -0.25) is 0 Å². The predicted molar refractivity (Wildman–Crippen MR) is 87.4 cm³/mol. The van der Waals surface area contributed by atoms with Gasteiger partial charge in [0.05, 0.1) is 4.47 Å². The smallest absolute Gasteiger partial charge is 0.224 e. The van der Waals surface area contributed by atoms with Crippen molar-refractivity contribution in [2.75, 3.05) is 43.4 Å². The van der Waals surface area contributed by atoms with Crippen molar-refractivity contribution in [3.8, 4) is 0 Å². The van der Waals surface area contributed by atoms with Crippen LogP contribution in [0, 0.1) is 0 Å². The van der Waals surface area contributed by atoms with E-state index in [1.165, 1.54) is 6.42 Å². The summed E-state index contributed by atoms with van der Waals surface area (Å²) in [6, 6.07) is 0.503. The molecule has 112 valence electrons. The molecule has 2 heterocycles. The summed E-state index contributed by atoms with van der Waals surface area (Å²) < 4.78 is 0.974. The van der Waals surface area contributed by atoms with Crippen molar-refractivity contribution >= 4 is 27.7 Å². The highest BCUT2D eigenvalue weighted by molar-refractivity contribution is 9.10. The van der Waals surface area contributed by atoms with E-state index in [4.69, 9.17) is 0 Å². The first-order valence-corrected chi connectivity index (χ1v) is 8.16. The minimum Gasteiger partial charge on any atom is -0.354 e. The van der Waals surface area contributed by atoms with E-state index in [0.717, 1.165) is 42.9 Å². The van der Waals surface area contributed by atoms with Crippen LogP contribution in [0.5, 0.6) is 0 Å². The Balaban J connectivity index is 2.29. The Bertz CT molecular complexity index is 440. The molecule has 1 aromatic rings. The number of likely N-dealkylation sites (N-methyl/N-ethyl adjacent to an activating group) is 1. The molecule has 0 spiro atoms. The second kappa shape index (κ2) is 7.22. The molecular weight excluding hydrogens is 318 g/mol. The van der Waals surface area contributed by atoms with Gasteiger partial charge in [0.15, 0.2) is 0 Å². The molecule has 1 aromatic heterocycles. The Kier molecular flexibility index (Phi) is 5.60. The fourth-order valence-corrected chi connectivity index (χ4v) is 3.09. The zero-order valence-electron chi connectivity index (χ0n) is 12.6. The van der Waals surface area contributed by atoms with Crippen LogP contribution in [-0.4, -0.2) is 54.1 Å². The Morgan fingerprint density at radius 1 is 1.40 bits per heavy atom. The number of nitrogens with zero attached hydrogens (tertiary/aromatic N) is 4. The summed E-state index contributed by atoms with van der Waals surface area (Å²) in [5.41, 5.74) is 0. The quantitative estimate of drug-likeness (QED) is 0.911. The number of halogens is 1. The van der Waals surface area contributed by atoms with Crippen molar-refractivity contribution in [3.05, 3.63) is 10.7 Å². The summed E-state index contributed by atoms with van der Waals surface area (Å²) >= 11 is 3.61. The average Bonchev–Trinajstić information content (AvgIpc) is 2.62. The van der Waals surface area contributed by atoms with Gasteiger partial charge in [0.1, 0.15) is 5.82 Å². The Labute approximate surface area is 129 Å². The summed E-state index contributed by atoms with van der Waals surface area (Å²) in [7, 11) is 2.20. The second-order valence-electron chi connectivity index (χ2n) is 5.27. The topological polar surface area (TPSA) is 44.3 Å². The lowest BCUT2D eigenvalue weighted by Crippen LogP contribution is -2.40. The van der Waals surface area contributed by atoms with Crippen LogP contribution < -0.4 is 10.2 Å². The standard InChI is InChI=1S/C14H24BrN5/c1-4-11-10-19(3)7-6-8-20(11)13-12(15)9-17-14(18-13)16-5-2/h9,11H,4-8,10H2,1-3H3,(H,16,17,18). The number of anilines is 2. The number of rotatable bonds is 4. The van der Waals surface area contributed by atoms with Crippen LogP contribution in [0.25, 0.3) is 0 Å². The fourth-order valence-electron chi connectivity index (χ4n) is 2.67. The maximum atomic E-state index is 4.69. The summed E-state index contributed by atoms with van der Waals surface area (Å²) in [5.74, 6) is 1.72. The molecule has 0 amide bonds. The van der Waals surface area contributed by atoms with Crippen LogP contribution in [0.3, 0.4) is 0 Å². The summed E-state index contributed by atoms with van der Waals surface area (Å²) in [5, 5.41) is 3.19. The summed E-state index contributed by atoms with van der Waals surface area (Å²) in [4.78, 5) is 13.8. The molecule has 2 rings (SSSR count). The van der Waals surface area contributed by atoms with E-state index in [1.807, 2.05) is 6.20 Å².